The van der Waals surface area contributed by atoms with Crippen molar-refractivity contribution in [3.63, 3.8) is 0 Å². The molecule has 3 N–H and O–H groups in total. The standard InChI is InChI=1S/C32H46IN3O8/c1-3-5-7-14-31(15-8-6-4-2)42-25-23-19-32(30(40)35-16-13-24(38)34-17-18-37)27(29(39)41-23)36(44-28(32)26(25)43-31)20-21-9-11-22(33)12-10-21/h9-12,23,25-28,37H,3-8,13-20H2,1-2H3,(H,34,38)(H,35,40). The number of carbonyl (C=O) groups excluding carboxylic acids is 3. The van der Waals surface area contributed by atoms with E-state index in [9.17, 15) is 14.4 Å². The van der Waals surface area contributed by atoms with Gasteiger partial charge in [-0.2, -0.15) is 5.06 Å². The van der Waals surface area contributed by atoms with Crippen molar-refractivity contribution in [3.8, 4) is 0 Å². The summed E-state index contributed by atoms with van der Waals surface area (Å²) in [7, 11) is 0. The normalized spacial score (nSPS) is 30.1. The number of hydrogen-bond donors (Lipinski definition) is 3. The number of fused-ring (bicyclic) bond motifs is 4. The number of esters is 1. The smallest absolute Gasteiger partial charge is 0.327 e. The van der Waals surface area contributed by atoms with E-state index in [1.54, 1.807) is 5.06 Å². The van der Waals surface area contributed by atoms with Crippen LogP contribution in [0.2, 0.25) is 0 Å². The second kappa shape index (κ2) is 14.7. The van der Waals surface area contributed by atoms with Crippen molar-refractivity contribution in [2.75, 3.05) is 19.7 Å². The number of nitrogens with one attached hydrogen (secondary N) is 2. The highest BCUT2D eigenvalue weighted by atomic mass is 127. The number of rotatable bonds is 16. The third-order valence-corrected chi connectivity index (χ3v) is 10.0. The average Bonchev–Trinajstić information content (AvgIpc) is 3.56. The quantitative estimate of drug-likeness (QED) is 0.133. The summed E-state index contributed by atoms with van der Waals surface area (Å²) in [5.41, 5.74) is -0.346. The van der Waals surface area contributed by atoms with Crippen molar-refractivity contribution in [2.45, 2.75) is 121 Å². The van der Waals surface area contributed by atoms with Gasteiger partial charge in [0.15, 0.2) is 11.8 Å². The summed E-state index contributed by atoms with van der Waals surface area (Å²) in [6, 6.07) is 6.96. The molecule has 12 heteroatoms. The van der Waals surface area contributed by atoms with Gasteiger partial charge in [0.05, 0.1) is 13.2 Å². The van der Waals surface area contributed by atoms with E-state index in [1.807, 2.05) is 24.3 Å². The van der Waals surface area contributed by atoms with Crippen molar-refractivity contribution in [3.05, 3.63) is 33.4 Å². The molecule has 3 aliphatic heterocycles. The molecule has 3 heterocycles. The Labute approximate surface area is 273 Å². The Morgan fingerprint density at radius 3 is 2.34 bits per heavy atom. The van der Waals surface area contributed by atoms with Crippen LogP contribution in [0.4, 0.5) is 0 Å². The van der Waals surface area contributed by atoms with Crippen molar-refractivity contribution in [1.29, 1.82) is 0 Å². The van der Waals surface area contributed by atoms with Crippen molar-refractivity contribution in [2.24, 2.45) is 5.41 Å². The zero-order valence-corrected chi connectivity index (χ0v) is 27.9. The molecular formula is C32H46IN3O8. The lowest BCUT2D eigenvalue weighted by molar-refractivity contribution is -0.224. The molecule has 2 amide bonds. The number of unbranched alkanes of at least 4 members (excludes halogenated alkanes) is 4. The van der Waals surface area contributed by atoms with Crippen LogP contribution in [0, 0.1) is 8.99 Å². The van der Waals surface area contributed by atoms with Gasteiger partial charge in [0, 0.05) is 42.3 Å². The maximum absolute atomic E-state index is 14.3. The molecule has 4 fully saturated rings. The van der Waals surface area contributed by atoms with Gasteiger partial charge >= 0.3 is 5.97 Å². The fraction of sp³-hybridized carbons (Fsp3) is 0.719. The molecule has 6 unspecified atom stereocenters. The van der Waals surface area contributed by atoms with Gasteiger partial charge in [0.2, 0.25) is 11.8 Å². The van der Waals surface area contributed by atoms with Crippen LogP contribution in [-0.2, 0) is 40.0 Å². The zero-order valence-electron chi connectivity index (χ0n) is 25.7. The molecule has 3 saturated heterocycles. The van der Waals surface area contributed by atoms with Crippen LogP contribution in [0.5, 0.6) is 0 Å². The first-order chi connectivity index (χ1) is 21.3. The molecule has 1 saturated carbocycles. The Morgan fingerprint density at radius 2 is 1.68 bits per heavy atom. The first-order valence-corrected chi connectivity index (χ1v) is 17.2. The number of nitrogens with zero attached hydrogens (tertiary/aromatic N) is 1. The molecule has 1 aliphatic carbocycles. The summed E-state index contributed by atoms with van der Waals surface area (Å²) in [5, 5.41) is 16.1. The van der Waals surface area contributed by atoms with Crippen molar-refractivity contribution < 1.29 is 38.5 Å². The van der Waals surface area contributed by atoms with Crippen LogP contribution in [0.1, 0.15) is 83.6 Å². The Balaban J connectivity index is 1.44. The number of hydrogen-bond acceptors (Lipinski definition) is 9. The summed E-state index contributed by atoms with van der Waals surface area (Å²) in [6.45, 7) is 4.68. The van der Waals surface area contributed by atoms with E-state index in [1.165, 1.54) is 0 Å². The van der Waals surface area contributed by atoms with E-state index < -0.39 is 47.6 Å². The highest BCUT2D eigenvalue weighted by Gasteiger charge is 2.76. The predicted molar refractivity (Wildman–Crippen MR) is 169 cm³/mol. The SMILES string of the molecule is CCCCCC1(CCCCC)OC2C3CC4(C(=O)NCCC(=O)NCCO)C(ON(Cc5ccc(I)cc5)C4C(=O)O3)C2O1. The molecule has 2 bridgehead atoms. The number of carbonyl (C=O) groups is 3. The number of benzene rings is 1. The van der Waals surface area contributed by atoms with Crippen LogP contribution in [0.15, 0.2) is 24.3 Å². The van der Waals surface area contributed by atoms with E-state index in [0.717, 1.165) is 60.5 Å². The molecule has 5 rings (SSSR count). The molecule has 4 aliphatic rings. The van der Waals surface area contributed by atoms with Gasteiger partial charge < -0.3 is 30.0 Å². The van der Waals surface area contributed by atoms with Crippen LogP contribution < -0.4 is 10.6 Å². The molecule has 0 aromatic heterocycles. The van der Waals surface area contributed by atoms with Crippen LogP contribution in [-0.4, -0.2) is 83.9 Å². The molecule has 11 nitrogen and oxygen atoms in total. The lowest BCUT2D eigenvalue weighted by Crippen LogP contribution is -2.69. The van der Waals surface area contributed by atoms with E-state index in [4.69, 9.17) is 24.2 Å². The number of aliphatic hydroxyl groups excluding tert-OH is 1. The summed E-state index contributed by atoms with van der Waals surface area (Å²) >= 11 is 2.24. The topological polar surface area (TPSA) is 136 Å². The summed E-state index contributed by atoms with van der Waals surface area (Å²) in [6.07, 6.45) is 5.31. The van der Waals surface area contributed by atoms with E-state index in [0.29, 0.717) is 0 Å². The van der Waals surface area contributed by atoms with E-state index in [2.05, 4.69) is 47.1 Å². The van der Waals surface area contributed by atoms with Crippen LogP contribution >= 0.6 is 22.6 Å². The lowest BCUT2D eigenvalue weighted by atomic mass is 9.62. The van der Waals surface area contributed by atoms with Gasteiger partial charge in [-0.25, -0.2) is 0 Å². The molecule has 6 atom stereocenters. The third-order valence-electron chi connectivity index (χ3n) is 9.32. The van der Waals surface area contributed by atoms with Crippen molar-refractivity contribution in [1.82, 2.24) is 15.7 Å². The second-order valence-electron chi connectivity index (χ2n) is 12.4. The molecule has 0 spiro atoms. The molecule has 244 valence electrons. The maximum Gasteiger partial charge on any atom is 0.327 e. The van der Waals surface area contributed by atoms with Gasteiger partial charge in [0.1, 0.15) is 29.8 Å². The number of aliphatic hydroxyl groups is 1. The molecule has 1 aromatic carbocycles. The summed E-state index contributed by atoms with van der Waals surface area (Å²) < 4.78 is 20.8. The maximum atomic E-state index is 14.3. The molecule has 1 aromatic rings. The minimum absolute atomic E-state index is 0.0435. The molecule has 44 heavy (non-hydrogen) atoms. The number of ether oxygens (including phenoxy) is 3. The van der Waals surface area contributed by atoms with Gasteiger partial charge in [-0.15, -0.1) is 0 Å². The van der Waals surface area contributed by atoms with Gasteiger partial charge in [0.25, 0.3) is 0 Å². The highest BCUT2D eigenvalue weighted by Crippen LogP contribution is 2.58. The number of halogens is 1. The zero-order chi connectivity index (χ0) is 31.3. The fourth-order valence-corrected chi connectivity index (χ4v) is 7.56. The Morgan fingerprint density at radius 1 is 1.00 bits per heavy atom. The summed E-state index contributed by atoms with van der Waals surface area (Å²) in [5.74, 6) is -1.97. The average molecular weight is 728 g/mol. The third kappa shape index (κ3) is 6.80. The Kier molecular flexibility index (Phi) is 11.2. The molecule has 0 radical (unpaired) electrons. The van der Waals surface area contributed by atoms with Gasteiger partial charge in [-0.05, 0) is 53.1 Å². The lowest BCUT2D eigenvalue weighted by Gasteiger charge is -2.48. The first kappa shape index (κ1) is 33.5. The van der Waals surface area contributed by atoms with Gasteiger partial charge in [-0.3, -0.25) is 19.2 Å². The van der Waals surface area contributed by atoms with Crippen molar-refractivity contribution >= 4 is 40.4 Å². The van der Waals surface area contributed by atoms with E-state index in [-0.39, 0.29) is 50.9 Å². The van der Waals surface area contributed by atoms with Gasteiger partial charge in [-0.1, -0.05) is 51.7 Å². The minimum atomic E-state index is -1.28. The highest BCUT2D eigenvalue weighted by molar-refractivity contribution is 14.1. The Hall–Kier alpha value is -1.84. The number of hydroxylamine groups is 2. The van der Waals surface area contributed by atoms with Crippen LogP contribution in [0.25, 0.3) is 0 Å². The molecular weight excluding hydrogens is 681 g/mol. The second-order valence-corrected chi connectivity index (χ2v) is 13.7. The monoisotopic (exact) mass is 727 g/mol. The first-order valence-electron chi connectivity index (χ1n) is 16.2. The fourth-order valence-electron chi connectivity index (χ4n) is 7.20. The van der Waals surface area contributed by atoms with Crippen LogP contribution in [0.3, 0.4) is 0 Å². The largest absolute Gasteiger partial charge is 0.458 e. The van der Waals surface area contributed by atoms with E-state index >= 15 is 0 Å². The number of amides is 2. The predicted octanol–water partition coefficient (Wildman–Crippen LogP) is 3.35. The summed E-state index contributed by atoms with van der Waals surface area (Å²) in [4.78, 5) is 46.8. The minimum Gasteiger partial charge on any atom is -0.458 e. The Bertz CT molecular complexity index is 1160.